The van der Waals surface area contributed by atoms with Crippen LogP contribution >= 0.6 is 0 Å². The molecular weight excluding hydrogens is 211 g/mol. The molecule has 1 aromatic heterocycles. The molecular formula is C8H10F3N3O. The molecule has 84 valence electrons. The Balaban J connectivity index is 2.57. The van der Waals surface area contributed by atoms with Gasteiger partial charge in [-0.3, -0.25) is 0 Å². The van der Waals surface area contributed by atoms with Crippen molar-refractivity contribution in [1.29, 1.82) is 0 Å². The highest BCUT2D eigenvalue weighted by molar-refractivity contribution is 5.34. The third-order valence-electron chi connectivity index (χ3n) is 1.49. The lowest BCUT2D eigenvalue weighted by Crippen LogP contribution is -2.21. The van der Waals surface area contributed by atoms with Crippen LogP contribution in [0.1, 0.15) is 5.69 Å². The van der Waals surface area contributed by atoms with Gasteiger partial charge in [-0.25, -0.2) is 9.97 Å². The first kappa shape index (κ1) is 11.7. The lowest BCUT2D eigenvalue weighted by molar-refractivity contribution is -0.115. The Labute approximate surface area is 84.5 Å². The van der Waals surface area contributed by atoms with Crippen molar-refractivity contribution in [2.45, 2.75) is 12.8 Å². The highest BCUT2D eigenvalue weighted by Crippen LogP contribution is 2.15. The maximum atomic E-state index is 11.9. The topological polar surface area (TPSA) is 47.0 Å². The molecule has 1 N–H and O–H groups in total. The number of nitrogens with zero attached hydrogens (tertiary/aromatic N) is 2. The minimum atomic E-state index is -4.26. The minimum Gasteiger partial charge on any atom is -0.378 e. The second kappa shape index (κ2) is 4.92. The molecule has 1 aromatic rings. The van der Waals surface area contributed by atoms with Gasteiger partial charge in [-0.05, 0) is 0 Å². The van der Waals surface area contributed by atoms with Crippen LogP contribution in [0.3, 0.4) is 0 Å². The summed E-state index contributed by atoms with van der Waals surface area (Å²) in [5.41, 5.74) is 0.525. The molecule has 0 saturated heterocycles. The van der Waals surface area contributed by atoms with Crippen LogP contribution in [0, 0.1) is 0 Å². The number of methoxy groups -OCH3 is 1. The number of alkyl halides is 3. The summed E-state index contributed by atoms with van der Waals surface area (Å²) in [6.45, 7) is -0.875. The van der Waals surface area contributed by atoms with E-state index in [9.17, 15) is 13.2 Å². The van der Waals surface area contributed by atoms with Crippen molar-refractivity contribution in [2.24, 2.45) is 0 Å². The van der Waals surface area contributed by atoms with Crippen LogP contribution < -0.4 is 5.32 Å². The summed E-state index contributed by atoms with van der Waals surface area (Å²) in [5.74, 6) is 0.134. The fourth-order valence-corrected chi connectivity index (χ4v) is 0.912. The molecule has 0 amide bonds. The number of halogens is 3. The van der Waals surface area contributed by atoms with Crippen molar-refractivity contribution < 1.29 is 17.9 Å². The van der Waals surface area contributed by atoms with Crippen LogP contribution in [0.2, 0.25) is 0 Å². The molecule has 4 nitrogen and oxygen atoms in total. The van der Waals surface area contributed by atoms with Crippen LogP contribution in [-0.4, -0.2) is 29.8 Å². The first-order valence-corrected chi connectivity index (χ1v) is 4.12. The van der Waals surface area contributed by atoms with Gasteiger partial charge in [0.25, 0.3) is 0 Å². The third-order valence-corrected chi connectivity index (χ3v) is 1.49. The number of hydrogen-bond acceptors (Lipinski definition) is 4. The summed E-state index contributed by atoms with van der Waals surface area (Å²) in [6, 6.07) is 1.41. The predicted octanol–water partition coefficient (Wildman–Crippen LogP) is 1.60. The Bertz CT molecular complexity index is 316. The molecule has 0 fully saturated rings. The Hall–Kier alpha value is -1.37. The van der Waals surface area contributed by atoms with E-state index in [-0.39, 0.29) is 12.4 Å². The van der Waals surface area contributed by atoms with Crippen molar-refractivity contribution in [1.82, 2.24) is 9.97 Å². The van der Waals surface area contributed by atoms with Gasteiger partial charge in [-0.1, -0.05) is 0 Å². The number of aromatic nitrogens is 2. The average molecular weight is 221 g/mol. The SMILES string of the molecule is COCc1cc(NCC(F)(F)F)ncn1. The molecule has 0 spiro atoms. The van der Waals surface area contributed by atoms with E-state index in [4.69, 9.17) is 4.74 Å². The van der Waals surface area contributed by atoms with Gasteiger partial charge in [0, 0.05) is 13.2 Å². The van der Waals surface area contributed by atoms with E-state index in [1.54, 1.807) is 0 Å². The Morgan fingerprint density at radius 3 is 2.73 bits per heavy atom. The zero-order valence-corrected chi connectivity index (χ0v) is 8.01. The lowest BCUT2D eigenvalue weighted by atomic mass is 10.4. The molecule has 7 heteroatoms. The van der Waals surface area contributed by atoms with E-state index in [0.717, 1.165) is 0 Å². The molecule has 1 rings (SSSR count). The van der Waals surface area contributed by atoms with Crippen LogP contribution in [-0.2, 0) is 11.3 Å². The number of nitrogens with one attached hydrogen (secondary N) is 1. The van der Waals surface area contributed by atoms with E-state index in [1.165, 1.54) is 19.5 Å². The Morgan fingerprint density at radius 1 is 1.40 bits per heavy atom. The van der Waals surface area contributed by atoms with Gasteiger partial charge in [0.15, 0.2) is 0 Å². The summed E-state index contributed by atoms with van der Waals surface area (Å²) in [7, 11) is 1.48. The van der Waals surface area contributed by atoms with Crippen molar-refractivity contribution >= 4 is 5.82 Å². The fraction of sp³-hybridized carbons (Fsp3) is 0.500. The first-order chi connectivity index (χ1) is 7.01. The van der Waals surface area contributed by atoms with Crippen LogP contribution in [0.15, 0.2) is 12.4 Å². The molecule has 0 bridgehead atoms. The van der Waals surface area contributed by atoms with Gasteiger partial charge >= 0.3 is 6.18 Å². The van der Waals surface area contributed by atoms with Gasteiger partial charge in [0.05, 0.1) is 12.3 Å². The van der Waals surface area contributed by atoms with Gasteiger partial charge in [0.2, 0.25) is 0 Å². The Morgan fingerprint density at radius 2 is 2.13 bits per heavy atom. The summed E-state index contributed by atoms with van der Waals surface area (Å²) >= 11 is 0. The standard InChI is InChI=1S/C8H10F3N3O/c1-15-3-6-2-7(14-5-13-6)12-4-8(9,10)11/h2,5H,3-4H2,1H3,(H,12,13,14). The second-order valence-corrected chi connectivity index (χ2v) is 2.80. The molecule has 0 aliphatic heterocycles. The van der Waals surface area contributed by atoms with E-state index in [2.05, 4.69) is 15.3 Å². The molecule has 0 aromatic carbocycles. The summed E-state index contributed by atoms with van der Waals surface area (Å²) in [5, 5.41) is 2.15. The summed E-state index contributed by atoms with van der Waals surface area (Å²) in [6.07, 6.45) is -3.07. The van der Waals surface area contributed by atoms with E-state index in [0.29, 0.717) is 5.69 Å². The number of rotatable bonds is 4. The quantitative estimate of drug-likeness (QED) is 0.838. The predicted molar refractivity (Wildman–Crippen MR) is 47.3 cm³/mol. The Kier molecular flexibility index (Phi) is 3.84. The van der Waals surface area contributed by atoms with E-state index >= 15 is 0 Å². The molecule has 0 aliphatic rings. The van der Waals surface area contributed by atoms with Gasteiger partial charge in [0.1, 0.15) is 18.7 Å². The molecule has 0 saturated carbocycles. The van der Waals surface area contributed by atoms with Crippen molar-refractivity contribution in [3.05, 3.63) is 18.1 Å². The monoisotopic (exact) mass is 221 g/mol. The zero-order valence-electron chi connectivity index (χ0n) is 8.01. The van der Waals surface area contributed by atoms with Crippen molar-refractivity contribution in [3.63, 3.8) is 0 Å². The zero-order chi connectivity index (χ0) is 11.3. The van der Waals surface area contributed by atoms with Gasteiger partial charge in [-0.2, -0.15) is 13.2 Å². The maximum Gasteiger partial charge on any atom is 0.405 e. The van der Waals surface area contributed by atoms with E-state index < -0.39 is 12.7 Å². The van der Waals surface area contributed by atoms with Crippen LogP contribution in [0.5, 0.6) is 0 Å². The van der Waals surface area contributed by atoms with Crippen molar-refractivity contribution in [3.8, 4) is 0 Å². The summed E-state index contributed by atoms with van der Waals surface area (Å²) in [4.78, 5) is 7.46. The van der Waals surface area contributed by atoms with Gasteiger partial charge in [-0.15, -0.1) is 0 Å². The molecule has 0 atom stereocenters. The highest BCUT2D eigenvalue weighted by Gasteiger charge is 2.26. The number of hydrogen-bond donors (Lipinski definition) is 1. The van der Waals surface area contributed by atoms with Crippen LogP contribution in [0.4, 0.5) is 19.0 Å². The molecule has 15 heavy (non-hydrogen) atoms. The molecule has 0 aliphatic carbocycles. The van der Waals surface area contributed by atoms with Crippen molar-refractivity contribution in [2.75, 3.05) is 19.0 Å². The average Bonchev–Trinajstić information content (AvgIpc) is 2.15. The number of anilines is 1. The number of ether oxygens (including phenoxy) is 1. The fourth-order valence-electron chi connectivity index (χ4n) is 0.912. The lowest BCUT2D eigenvalue weighted by Gasteiger charge is -2.08. The van der Waals surface area contributed by atoms with Crippen LogP contribution in [0.25, 0.3) is 0 Å². The molecule has 0 unspecified atom stereocenters. The third kappa shape index (κ3) is 4.59. The highest BCUT2D eigenvalue weighted by atomic mass is 19.4. The largest absolute Gasteiger partial charge is 0.405 e. The first-order valence-electron chi connectivity index (χ1n) is 4.12. The van der Waals surface area contributed by atoms with Gasteiger partial charge < -0.3 is 10.1 Å². The normalized spacial score (nSPS) is 11.5. The maximum absolute atomic E-state index is 11.9. The smallest absolute Gasteiger partial charge is 0.378 e. The molecule has 1 heterocycles. The van der Waals surface area contributed by atoms with E-state index in [1.807, 2.05) is 0 Å². The summed E-state index contributed by atoms with van der Waals surface area (Å²) < 4.78 is 40.4. The second-order valence-electron chi connectivity index (χ2n) is 2.80. The minimum absolute atomic E-state index is 0.134. The molecule has 0 radical (unpaired) electrons.